The van der Waals surface area contributed by atoms with Crippen molar-refractivity contribution in [3.05, 3.63) is 10.2 Å². The number of rotatable bonds is 6. The lowest BCUT2D eigenvalue weighted by Crippen LogP contribution is -2.42. The zero-order valence-electron chi connectivity index (χ0n) is 12.2. The molecule has 0 bridgehead atoms. The molecule has 0 radical (unpaired) electrons. The Hall–Kier alpha value is 0.117. The summed E-state index contributed by atoms with van der Waals surface area (Å²) in [5, 5.41) is 0.201. The van der Waals surface area contributed by atoms with E-state index in [0.29, 0.717) is 13.2 Å². The zero-order chi connectivity index (χ0) is 14.4. The van der Waals surface area contributed by atoms with Gasteiger partial charge < -0.3 is 9.16 Å². The second-order valence-electron chi connectivity index (χ2n) is 5.95. The molecule has 0 aromatic heterocycles. The van der Waals surface area contributed by atoms with Crippen LogP contribution in [0.4, 0.5) is 0 Å². The highest BCUT2D eigenvalue weighted by Crippen LogP contribution is 2.36. The first-order chi connectivity index (χ1) is 8.10. The van der Waals surface area contributed by atoms with E-state index in [-0.39, 0.29) is 16.9 Å². The lowest BCUT2D eigenvalue weighted by Gasteiger charge is -2.37. The second kappa shape index (κ2) is 7.64. The molecule has 106 valence electrons. The van der Waals surface area contributed by atoms with Gasteiger partial charge in [0.15, 0.2) is 8.32 Å². The van der Waals surface area contributed by atoms with Crippen molar-refractivity contribution in [1.29, 1.82) is 0 Å². The Morgan fingerprint density at radius 3 is 2.28 bits per heavy atom. The van der Waals surface area contributed by atoms with Crippen LogP contribution >= 0.6 is 22.6 Å². The molecule has 0 fully saturated rings. The second-order valence-corrected chi connectivity index (χ2v) is 11.5. The minimum atomic E-state index is -1.73. The highest BCUT2D eigenvalue weighted by atomic mass is 127. The highest BCUT2D eigenvalue weighted by molar-refractivity contribution is 14.1. The Morgan fingerprint density at radius 2 is 1.89 bits per heavy atom. The average molecular weight is 384 g/mol. The van der Waals surface area contributed by atoms with E-state index < -0.39 is 8.32 Å². The molecule has 3 nitrogen and oxygen atoms in total. The lowest BCUT2D eigenvalue weighted by atomic mass is 10.2. The Kier molecular flexibility index (Phi) is 7.69. The highest BCUT2D eigenvalue weighted by Gasteiger charge is 2.37. The molecule has 0 aromatic carbocycles. The van der Waals surface area contributed by atoms with Gasteiger partial charge in [0, 0.05) is 19.4 Å². The molecular weight excluding hydrogens is 359 g/mol. The molecule has 0 amide bonds. The summed E-state index contributed by atoms with van der Waals surface area (Å²) in [5.74, 6) is -0.103. The van der Waals surface area contributed by atoms with Gasteiger partial charge >= 0.3 is 5.97 Å². The maximum Gasteiger partial charge on any atom is 0.302 e. The Morgan fingerprint density at radius 1 is 1.33 bits per heavy atom. The molecule has 0 rings (SSSR count). The zero-order valence-corrected chi connectivity index (χ0v) is 15.4. The number of hydrogen-bond donors (Lipinski definition) is 0. The number of halogens is 1. The molecule has 0 unspecified atom stereocenters. The van der Waals surface area contributed by atoms with E-state index in [1.165, 1.54) is 6.92 Å². The van der Waals surface area contributed by atoms with Gasteiger partial charge in [0.05, 0.1) is 6.61 Å². The van der Waals surface area contributed by atoms with Crippen LogP contribution in [0, 0.1) is 5.92 Å². The molecule has 0 N–H and O–H groups in total. The molecule has 0 aliphatic rings. The van der Waals surface area contributed by atoms with Crippen LogP contribution in [-0.4, -0.2) is 27.5 Å². The molecule has 0 aliphatic carbocycles. The van der Waals surface area contributed by atoms with Gasteiger partial charge in [-0.05, 0) is 22.2 Å². The third-order valence-electron chi connectivity index (χ3n) is 3.31. The predicted octanol–water partition coefficient (Wildman–Crippen LogP) is 4.14. The standard InChI is InChI=1S/C13H25IO3Si/c1-11(15)16-9-12(7-8-14)10-17-18(5,6)13(2,3)4/h7-8,12H,9-10H2,1-6H3/b8-7+/t12-/m1/s1. The van der Waals surface area contributed by atoms with Crippen LogP contribution in [-0.2, 0) is 14.0 Å². The maximum atomic E-state index is 10.8. The van der Waals surface area contributed by atoms with Crippen LogP contribution in [0.3, 0.4) is 0 Å². The fourth-order valence-corrected chi connectivity index (χ4v) is 2.67. The first-order valence-electron chi connectivity index (χ1n) is 6.14. The maximum absolute atomic E-state index is 10.8. The van der Waals surface area contributed by atoms with E-state index in [2.05, 4.69) is 56.5 Å². The lowest BCUT2D eigenvalue weighted by molar-refractivity contribution is -0.142. The van der Waals surface area contributed by atoms with Crippen molar-refractivity contribution < 1.29 is 14.0 Å². The number of carbonyl (C=O) groups is 1. The van der Waals surface area contributed by atoms with Gasteiger partial charge in [0.1, 0.15) is 0 Å². The summed E-state index contributed by atoms with van der Waals surface area (Å²) in [4.78, 5) is 10.8. The minimum Gasteiger partial charge on any atom is -0.465 e. The quantitative estimate of drug-likeness (QED) is 0.392. The third kappa shape index (κ3) is 6.89. The first kappa shape index (κ1) is 18.1. The normalized spacial score (nSPS) is 14.8. The van der Waals surface area contributed by atoms with Crippen molar-refractivity contribution in [2.45, 2.75) is 45.8 Å². The van der Waals surface area contributed by atoms with Crippen LogP contribution < -0.4 is 0 Å². The van der Waals surface area contributed by atoms with Crippen molar-refractivity contribution in [2.24, 2.45) is 5.92 Å². The Bertz CT molecular complexity index is 295. The summed E-state index contributed by atoms with van der Waals surface area (Å²) >= 11 is 2.17. The summed E-state index contributed by atoms with van der Waals surface area (Å²) in [5.41, 5.74) is 0. The van der Waals surface area contributed by atoms with Crippen LogP contribution in [0.25, 0.3) is 0 Å². The largest absolute Gasteiger partial charge is 0.465 e. The van der Waals surface area contributed by atoms with Gasteiger partial charge in [-0.25, -0.2) is 0 Å². The summed E-state index contributed by atoms with van der Waals surface area (Å²) in [6.45, 7) is 13.5. The van der Waals surface area contributed by atoms with Crippen molar-refractivity contribution in [2.75, 3.05) is 13.2 Å². The molecule has 0 saturated carbocycles. The summed E-state index contributed by atoms with van der Waals surface area (Å²) in [7, 11) is -1.73. The molecule has 0 heterocycles. The Labute approximate surface area is 126 Å². The van der Waals surface area contributed by atoms with Crippen molar-refractivity contribution in [3.63, 3.8) is 0 Å². The van der Waals surface area contributed by atoms with Gasteiger partial charge in [0.2, 0.25) is 0 Å². The van der Waals surface area contributed by atoms with Crippen molar-refractivity contribution in [3.8, 4) is 0 Å². The molecule has 0 aliphatic heterocycles. The molecule has 18 heavy (non-hydrogen) atoms. The van der Waals surface area contributed by atoms with Crippen molar-refractivity contribution in [1.82, 2.24) is 0 Å². The number of carbonyl (C=O) groups excluding carboxylic acids is 1. The van der Waals surface area contributed by atoms with E-state index in [9.17, 15) is 4.79 Å². The number of hydrogen-bond acceptors (Lipinski definition) is 3. The topological polar surface area (TPSA) is 35.5 Å². The molecule has 0 spiro atoms. The van der Waals surface area contributed by atoms with Crippen LogP contribution in [0.1, 0.15) is 27.7 Å². The van der Waals surface area contributed by atoms with Gasteiger partial charge in [0.25, 0.3) is 0 Å². The molecule has 0 aromatic rings. The first-order valence-corrected chi connectivity index (χ1v) is 10.3. The third-order valence-corrected chi connectivity index (χ3v) is 8.23. The molecule has 5 heteroatoms. The Balaban J connectivity index is 4.39. The minimum absolute atomic E-state index is 0.139. The predicted molar refractivity (Wildman–Crippen MR) is 86.4 cm³/mol. The average Bonchev–Trinajstić information content (AvgIpc) is 2.20. The molecule has 1 atom stereocenters. The van der Waals surface area contributed by atoms with Crippen LogP contribution in [0.2, 0.25) is 18.1 Å². The van der Waals surface area contributed by atoms with Gasteiger partial charge in [-0.3, -0.25) is 4.79 Å². The van der Waals surface area contributed by atoms with E-state index >= 15 is 0 Å². The van der Waals surface area contributed by atoms with Crippen LogP contribution in [0.5, 0.6) is 0 Å². The molecular formula is C13H25IO3Si. The summed E-state index contributed by atoms with van der Waals surface area (Å²) in [6, 6.07) is 0. The molecule has 0 saturated heterocycles. The summed E-state index contributed by atoms with van der Waals surface area (Å²) < 4.78 is 13.1. The SMILES string of the molecule is CC(=O)OC[C@@H](/C=C/I)CO[Si](C)(C)C(C)(C)C. The summed E-state index contributed by atoms with van der Waals surface area (Å²) in [6.07, 6.45) is 2.02. The van der Waals surface area contributed by atoms with Crippen molar-refractivity contribution >= 4 is 36.9 Å². The monoisotopic (exact) mass is 384 g/mol. The van der Waals surface area contributed by atoms with E-state index in [0.717, 1.165) is 0 Å². The number of esters is 1. The fraction of sp³-hybridized carbons (Fsp3) is 0.769. The fourth-order valence-electron chi connectivity index (χ4n) is 1.02. The number of ether oxygens (including phenoxy) is 1. The van der Waals surface area contributed by atoms with Gasteiger partial charge in [-0.1, -0.05) is 49.4 Å². The van der Waals surface area contributed by atoms with E-state index in [4.69, 9.17) is 9.16 Å². The van der Waals surface area contributed by atoms with E-state index in [1.54, 1.807) is 0 Å². The van der Waals surface area contributed by atoms with Crippen LogP contribution in [0.15, 0.2) is 10.2 Å². The smallest absolute Gasteiger partial charge is 0.302 e. The van der Waals surface area contributed by atoms with Gasteiger partial charge in [-0.15, -0.1) is 0 Å². The van der Waals surface area contributed by atoms with Gasteiger partial charge in [-0.2, -0.15) is 0 Å². The van der Waals surface area contributed by atoms with E-state index in [1.807, 2.05) is 10.2 Å².